The number of carbonyl (C=O) groups is 2. The minimum absolute atomic E-state index is 0.0125. The second kappa shape index (κ2) is 4.60. The van der Waals surface area contributed by atoms with E-state index in [1.807, 2.05) is 13.0 Å². The van der Waals surface area contributed by atoms with Crippen LogP contribution < -0.4 is 0 Å². The van der Waals surface area contributed by atoms with Gasteiger partial charge in [-0.05, 0) is 37.7 Å². The van der Waals surface area contributed by atoms with Crippen LogP contribution in [0.1, 0.15) is 62.1 Å². The third kappa shape index (κ3) is 1.71. The summed E-state index contributed by atoms with van der Waals surface area (Å²) < 4.78 is 0. The summed E-state index contributed by atoms with van der Waals surface area (Å²) in [5.41, 5.74) is 4.90. The molecule has 110 valence electrons. The predicted octanol–water partition coefficient (Wildman–Crippen LogP) is 3.29. The maximum atomic E-state index is 13.0. The molecule has 22 heavy (non-hydrogen) atoms. The molecule has 0 bridgehead atoms. The first-order chi connectivity index (χ1) is 10.6. The first-order valence-electron chi connectivity index (χ1n) is 7.78. The van der Waals surface area contributed by atoms with Crippen molar-refractivity contribution in [2.45, 2.75) is 33.1 Å². The summed E-state index contributed by atoms with van der Waals surface area (Å²) in [5, 5.41) is 0. The van der Waals surface area contributed by atoms with Crippen LogP contribution in [0.5, 0.6) is 0 Å². The highest BCUT2D eigenvalue weighted by atomic mass is 16.1. The maximum absolute atomic E-state index is 13.0. The van der Waals surface area contributed by atoms with E-state index in [0.29, 0.717) is 33.9 Å². The molecule has 0 radical (unpaired) electrons. The summed E-state index contributed by atoms with van der Waals surface area (Å²) in [5.74, 6) is 0.511. The third-order valence-corrected chi connectivity index (χ3v) is 4.86. The summed E-state index contributed by atoms with van der Waals surface area (Å²) in [7, 11) is 0. The normalized spacial score (nSPS) is 19.5. The molecule has 0 saturated carbocycles. The van der Waals surface area contributed by atoms with E-state index >= 15 is 0 Å². The second-order valence-corrected chi connectivity index (χ2v) is 6.42. The fourth-order valence-corrected chi connectivity index (χ4v) is 3.74. The molecule has 0 aliphatic heterocycles. The Hall–Kier alpha value is -2.29. The van der Waals surface area contributed by atoms with Gasteiger partial charge in [-0.1, -0.05) is 31.2 Å². The van der Waals surface area contributed by atoms with Gasteiger partial charge in [0.25, 0.3) is 0 Å². The van der Waals surface area contributed by atoms with E-state index in [0.717, 1.165) is 30.5 Å². The first kappa shape index (κ1) is 13.4. The number of benzene rings is 1. The third-order valence-electron chi connectivity index (χ3n) is 4.86. The van der Waals surface area contributed by atoms with Crippen LogP contribution in [0.15, 0.2) is 24.3 Å². The van der Waals surface area contributed by atoms with Crippen molar-refractivity contribution in [3.8, 4) is 0 Å². The molecular weight excluding hydrogens is 274 g/mol. The van der Waals surface area contributed by atoms with Gasteiger partial charge < -0.3 is 0 Å². The number of nitrogens with zero attached hydrogens (tertiary/aromatic N) is 1. The zero-order valence-corrected chi connectivity index (χ0v) is 12.8. The van der Waals surface area contributed by atoms with Gasteiger partial charge >= 0.3 is 0 Å². The summed E-state index contributed by atoms with van der Waals surface area (Å²) in [4.78, 5) is 30.5. The van der Waals surface area contributed by atoms with E-state index in [2.05, 4.69) is 11.9 Å². The molecule has 2 aromatic rings. The minimum Gasteiger partial charge on any atom is -0.289 e. The van der Waals surface area contributed by atoms with E-state index in [9.17, 15) is 9.59 Å². The monoisotopic (exact) mass is 291 g/mol. The molecule has 0 N–H and O–H groups in total. The van der Waals surface area contributed by atoms with Crippen LogP contribution in [0.25, 0.3) is 0 Å². The van der Waals surface area contributed by atoms with E-state index in [1.165, 1.54) is 0 Å². The summed E-state index contributed by atoms with van der Waals surface area (Å²) >= 11 is 0. The topological polar surface area (TPSA) is 47.0 Å². The Bertz CT molecular complexity index is 836. The van der Waals surface area contributed by atoms with Gasteiger partial charge in [-0.3, -0.25) is 14.6 Å². The lowest BCUT2D eigenvalue weighted by Crippen LogP contribution is -2.27. The number of pyridine rings is 1. The van der Waals surface area contributed by atoms with Crippen LogP contribution in [0, 0.1) is 12.8 Å². The average Bonchev–Trinajstić information content (AvgIpc) is 2.51. The highest BCUT2D eigenvalue weighted by Gasteiger charge is 2.35. The van der Waals surface area contributed by atoms with Gasteiger partial charge in [-0.15, -0.1) is 0 Å². The van der Waals surface area contributed by atoms with Crippen LogP contribution in [0.3, 0.4) is 0 Å². The molecule has 1 heterocycles. The number of aromatic nitrogens is 1. The maximum Gasteiger partial charge on any atom is 0.196 e. The quantitative estimate of drug-likeness (QED) is 0.638. The first-order valence-corrected chi connectivity index (χ1v) is 7.78. The van der Waals surface area contributed by atoms with Crippen LogP contribution in [-0.4, -0.2) is 16.6 Å². The highest BCUT2D eigenvalue weighted by Crippen LogP contribution is 2.35. The Morgan fingerprint density at radius 2 is 1.68 bits per heavy atom. The standard InChI is InChI=1S/C19H17NO2/c1-10-7-8-14-15(9-10)20-11(2)16-17(14)19(22)13-6-4-3-5-12(13)18(16)21/h3-6,10H,7-9H2,1-2H3. The predicted molar refractivity (Wildman–Crippen MR) is 83.5 cm³/mol. The zero-order valence-electron chi connectivity index (χ0n) is 12.8. The lowest BCUT2D eigenvalue weighted by Gasteiger charge is -2.27. The zero-order chi connectivity index (χ0) is 15.4. The van der Waals surface area contributed by atoms with Gasteiger partial charge in [0, 0.05) is 28.1 Å². The minimum atomic E-state index is -0.0587. The number of carbonyl (C=O) groups excluding carboxylic acids is 2. The van der Waals surface area contributed by atoms with Crippen molar-refractivity contribution in [1.29, 1.82) is 0 Å². The molecule has 4 rings (SSSR count). The van der Waals surface area contributed by atoms with Gasteiger partial charge in [-0.25, -0.2) is 0 Å². The lowest BCUT2D eigenvalue weighted by molar-refractivity contribution is 0.0976. The van der Waals surface area contributed by atoms with Crippen molar-refractivity contribution < 1.29 is 9.59 Å². The molecule has 1 atom stereocenters. The Labute approximate surface area is 129 Å². The van der Waals surface area contributed by atoms with E-state index in [-0.39, 0.29) is 11.6 Å². The Balaban J connectivity index is 2.03. The van der Waals surface area contributed by atoms with Crippen LogP contribution in [-0.2, 0) is 12.8 Å². The Morgan fingerprint density at radius 3 is 2.36 bits per heavy atom. The molecule has 0 spiro atoms. The van der Waals surface area contributed by atoms with Crippen LogP contribution in [0.2, 0.25) is 0 Å². The fraction of sp³-hybridized carbons (Fsp3) is 0.316. The van der Waals surface area contributed by atoms with Gasteiger partial charge in [0.1, 0.15) is 0 Å². The second-order valence-electron chi connectivity index (χ2n) is 6.42. The summed E-state index contributed by atoms with van der Waals surface area (Å²) in [6.07, 6.45) is 2.78. The molecule has 1 aromatic carbocycles. The Morgan fingerprint density at radius 1 is 1.05 bits per heavy atom. The molecule has 0 amide bonds. The smallest absolute Gasteiger partial charge is 0.196 e. The van der Waals surface area contributed by atoms with Crippen molar-refractivity contribution >= 4 is 11.6 Å². The Kier molecular flexibility index (Phi) is 2.80. The van der Waals surface area contributed by atoms with E-state index < -0.39 is 0 Å². The van der Waals surface area contributed by atoms with Gasteiger partial charge in [0.15, 0.2) is 11.6 Å². The SMILES string of the molecule is Cc1nc2c(c3c1C(=O)c1ccccc1C3=O)CCC(C)C2. The number of rotatable bonds is 0. The molecule has 0 fully saturated rings. The fourth-order valence-electron chi connectivity index (χ4n) is 3.74. The van der Waals surface area contributed by atoms with Gasteiger partial charge in [0.05, 0.1) is 5.56 Å². The number of aryl methyl sites for hydroxylation is 1. The van der Waals surface area contributed by atoms with Crippen molar-refractivity contribution in [2.24, 2.45) is 5.92 Å². The lowest BCUT2D eigenvalue weighted by atomic mass is 9.77. The van der Waals surface area contributed by atoms with Crippen molar-refractivity contribution in [1.82, 2.24) is 4.98 Å². The van der Waals surface area contributed by atoms with Gasteiger partial charge in [-0.2, -0.15) is 0 Å². The molecule has 2 aliphatic rings. The number of hydrogen-bond acceptors (Lipinski definition) is 3. The molecule has 1 unspecified atom stereocenters. The number of hydrogen-bond donors (Lipinski definition) is 0. The molecule has 2 aliphatic carbocycles. The highest BCUT2D eigenvalue weighted by molar-refractivity contribution is 6.29. The van der Waals surface area contributed by atoms with Crippen molar-refractivity contribution in [3.63, 3.8) is 0 Å². The van der Waals surface area contributed by atoms with E-state index in [4.69, 9.17) is 0 Å². The average molecular weight is 291 g/mol. The van der Waals surface area contributed by atoms with E-state index in [1.54, 1.807) is 18.2 Å². The summed E-state index contributed by atoms with van der Waals surface area (Å²) in [6, 6.07) is 7.11. The van der Waals surface area contributed by atoms with Crippen LogP contribution in [0.4, 0.5) is 0 Å². The number of fused-ring (bicyclic) bond motifs is 4. The molecule has 3 nitrogen and oxygen atoms in total. The van der Waals surface area contributed by atoms with Crippen LogP contribution >= 0.6 is 0 Å². The number of ketones is 2. The van der Waals surface area contributed by atoms with Crippen molar-refractivity contribution in [3.05, 3.63) is 63.5 Å². The summed E-state index contributed by atoms with van der Waals surface area (Å²) in [6.45, 7) is 4.05. The molecule has 1 aromatic heterocycles. The van der Waals surface area contributed by atoms with Gasteiger partial charge in [0.2, 0.25) is 0 Å². The molecular formula is C19H17NO2. The largest absolute Gasteiger partial charge is 0.289 e. The molecule has 0 saturated heterocycles. The van der Waals surface area contributed by atoms with Crippen molar-refractivity contribution in [2.75, 3.05) is 0 Å². The molecule has 3 heteroatoms.